The molecule has 5 N–H and O–H groups in total. The summed E-state index contributed by atoms with van der Waals surface area (Å²) >= 11 is 0. The molecule has 1 aromatic heterocycles. The average Bonchev–Trinajstić information content (AvgIpc) is 2.59. The highest BCUT2D eigenvalue weighted by Crippen LogP contribution is 1.99. The van der Waals surface area contributed by atoms with Gasteiger partial charge in [0.15, 0.2) is 0 Å². The molecule has 0 fully saturated rings. The Morgan fingerprint density at radius 3 is 2.54 bits per heavy atom. The van der Waals surface area contributed by atoms with Crippen LogP contribution in [-0.2, 0) is 0 Å². The SMILES string of the molecule is NCC#Cc1c[nH]c(C#CCN)c1. The van der Waals surface area contributed by atoms with Crippen LogP contribution in [0, 0.1) is 23.7 Å². The zero-order chi connectivity index (χ0) is 9.52. The molecule has 0 atom stereocenters. The predicted octanol–water partition coefficient (Wildman–Crippen LogP) is -0.365. The van der Waals surface area contributed by atoms with Crippen LogP contribution in [0.5, 0.6) is 0 Å². The molecule has 0 spiro atoms. The van der Waals surface area contributed by atoms with Crippen LogP contribution >= 0.6 is 0 Å². The van der Waals surface area contributed by atoms with E-state index in [1.165, 1.54) is 0 Å². The van der Waals surface area contributed by atoms with Crippen molar-refractivity contribution in [2.45, 2.75) is 0 Å². The van der Waals surface area contributed by atoms with Gasteiger partial charge in [0.05, 0.1) is 18.8 Å². The molecule has 0 aliphatic rings. The Morgan fingerprint density at radius 2 is 1.85 bits per heavy atom. The van der Waals surface area contributed by atoms with E-state index in [2.05, 4.69) is 28.7 Å². The second-order valence-corrected chi connectivity index (χ2v) is 2.31. The van der Waals surface area contributed by atoms with Gasteiger partial charge in [0, 0.05) is 11.8 Å². The van der Waals surface area contributed by atoms with Crippen LogP contribution in [0.4, 0.5) is 0 Å². The molecule has 0 bridgehead atoms. The summed E-state index contributed by atoms with van der Waals surface area (Å²) in [4.78, 5) is 2.98. The van der Waals surface area contributed by atoms with Gasteiger partial charge in [-0.15, -0.1) is 0 Å². The van der Waals surface area contributed by atoms with E-state index in [-0.39, 0.29) is 0 Å². The molecule has 0 radical (unpaired) electrons. The number of hydrogen-bond donors (Lipinski definition) is 3. The number of H-pyrrole nitrogens is 1. The van der Waals surface area contributed by atoms with E-state index in [0.717, 1.165) is 11.3 Å². The van der Waals surface area contributed by atoms with Crippen LogP contribution in [0.2, 0.25) is 0 Å². The van der Waals surface area contributed by atoms with Crippen LogP contribution in [-0.4, -0.2) is 18.1 Å². The van der Waals surface area contributed by atoms with Crippen LogP contribution in [0.3, 0.4) is 0 Å². The first kappa shape index (κ1) is 9.41. The summed E-state index contributed by atoms with van der Waals surface area (Å²) in [5, 5.41) is 0. The molecule has 0 aliphatic carbocycles. The highest BCUT2D eigenvalue weighted by Gasteiger charge is 1.90. The van der Waals surface area contributed by atoms with Gasteiger partial charge >= 0.3 is 0 Å². The van der Waals surface area contributed by atoms with E-state index in [1.54, 1.807) is 6.20 Å². The highest BCUT2D eigenvalue weighted by molar-refractivity contribution is 5.40. The van der Waals surface area contributed by atoms with Gasteiger partial charge < -0.3 is 16.5 Å². The van der Waals surface area contributed by atoms with Gasteiger partial charge in [0.1, 0.15) is 0 Å². The monoisotopic (exact) mass is 173 g/mol. The quantitative estimate of drug-likeness (QED) is 0.469. The van der Waals surface area contributed by atoms with Crippen molar-refractivity contribution < 1.29 is 0 Å². The smallest absolute Gasteiger partial charge is 0.0906 e. The lowest BCUT2D eigenvalue weighted by atomic mass is 10.3. The fourth-order valence-corrected chi connectivity index (χ4v) is 0.838. The Kier molecular flexibility index (Phi) is 3.66. The molecule has 0 unspecified atom stereocenters. The molecule has 0 aromatic carbocycles. The van der Waals surface area contributed by atoms with Crippen molar-refractivity contribution in [3.8, 4) is 23.7 Å². The van der Waals surface area contributed by atoms with E-state index in [4.69, 9.17) is 11.5 Å². The van der Waals surface area contributed by atoms with Gasteiger partial charge in [0.25, 0.3) is 0 Å². The maximum absolute atomic E-state index is 5.24. The zero-order valence-electron chi connectivity index (χ0n) is 7.22. The summed E-state index contributed by atoms with van der Waals surface area (Å²) in [5.74, 6) is 11.3. The summed E-state index contributed by atoms with van der Waals surface area (Å²) in [7, 11) is 0. The third-order valence-electron chi connectivity index (χ3n) is 1.34. The lowest BCUT2D eigenvalue weighted by Gasteiger charge is -1.76. The molecule has 13 heavy (non-hydrogen) atoms. The van der Waals surface area contributed by atoms with Gasteiger partial charge in [-0.25, -0.2) is 0 Å². The molecule has 1 aromatic rings. The number of rotatable bonds is 0. The van der Waals surface area contributed by atoms with E-state index in [0.29, 0.717) is 13.1 Å². The van der Waals surface area contributed by atoms with Gasteiger partial charge in [-0.05, 0) is 12.0 Å². The molecule has 3 nitrogen and oxygen atoms in total. The Hall–Kier alpha value is -1.68. The van der Waals surface area contributed by atoms with Crippen molar-refractivity contribution in [3.05, 3.63) is 23.5 Å². The van der Waals surface area contributed by atoms with Crippen molar-refractivity contribution in [2.24, 2.45) is 11.5 Å². The van der Waals surface area contributed by atoms with E-state index in [1.807, 2.05) is 6.07 Å². The van der Waals surface area contributed by atoms with Gasteiger partial charge in [-0.2, -0.15) is 0 Å². The van der Waals surface area contributed by atoms with E-state index >= 15 is 0 Å². The zero-order valence-corrected chi connectivity index (χ0v) is 7.22. The lowest BCUT2D eigenvalue weighted by molar-refractivity contribution is 1.29. The molecule has 0 saturated carbocycles. The van der Waals surface area contributed by atoms with Crippen molar-refractivity contribution in [1.82, 2.24) is 4.98 Å². The average molecular weight is 173 g/mol. The second-order valence-electron chi connectivity index (χ2n) is 2.31. The second kappa shape index (κ2) is 5.05. The topological polar surface area (TPSA) is 67.8 Å². The lowest BCUT2D eigenvalue weighted by Crippen LogP contribution is -1.93. The molecule has 0 saturated heterocycles. The highest BCUT2D eigenvalue weighted by atomic mass is 14.7. The normalized spacial score (nSPS) is 8.15. The van der Waals surface area contributed by atoms with E-state index in [9.17, 15) is 0 Å². The molecular formula is C10H11N3. The maximum Gasteiger partial charge on any atom is 0.0906 e. The Bertz CT molecular complexity index is 345. The van der Waals surface area contributed by atoms with E-state index < -0.39 is 0 Å². The van der Waals surface area contributed by atoms with Crippen LogP contribution < -0.4 is 11.5 Å². The van der Waals surface area contributed by atoms with Gasteiger partial charge in [-0.3, -0.25) is 0 Å². The summed E-state index contributed by atoms with van der Waals surface area (Å²) < 4.78 is 0. The maximum atomic E-state index is 5.24. The summed E-state index contributed by atoms with van der Waals surface area (Å²) in [5.41, 5.74) is 12.2. The number of nitrogens with one attached hydrogen (secondary N) is 1. The first-order valence-corrected chi connectivity index (χ1v) is 3.93. The summed E-state index contributed by atoms with van der Waals surface area (Å²) in [6.07, 6.45) is 1.79. The first-order chi connectivity index (χ1) is 6.36. The third kappa shape index (κ3) is 3.04. The fourth-order valence-electron chi connectivity index (χ4n) is 0.838. The molecular weight excluding hydrogens is 162 g/mol. The first-order valence-electron chi connectivity index (χ1n) is 3.93. The minimum Gasteiger partial charge on any atom is -0.354 e. The Labute approximate surface area is 77.5 Å². The third-order valence-corrected chi connectivity index (χ3v) is 1.34. The minimum atomic E-state index is 0.364. The summed E-state index contributed by atoms with van der Waals surface area (Å²) in [6, 6.07) is 1.87. The Morgan fingerprint density at radius 1 is 1.15 bits per heavy atom. The molecule has 66 valence electrons. The van der Waals surface area contributed by atoms with Crippen molar-refractivity contribution in [3.63, 3.8) is 0 Å². The molecule has 3 heteroatoms. The van der Waals surface area contributed by atoms with Gasteiger partial charge in [-0.1, -0.05) is 17.8 Å². The van der Waals surface area contributed by atoms with Gasteiger partial charge in [0.2, 0.25) is 0 Å². The standard InChI is InChI=1S/C10H11N3/c11-5-1-3-9-7-10(13-8-9)4-2-6-12/h7-8,13H,5-6,11-12H2. The predicted molar refractivity (Wildman–Crippen MR) is 52.7 cm³/mol. The Balaban J connectivity index is 2.75. The van der Waals surface area contributed by atoms with Crippen LogP contribution in [0.25, 0.3) is 0 Å². The molecule has 0 amide bonds. The summed E-state index contributed by atoms with van der Waals surface area (Å²) in [6.45, 7) is 0.734. The fraction of sp³-hybridized carbons (Fsp3) is 0.200. The van der Waals surface area contributed by atoms with Crippen molar-refractivity contribution in [2.75, 3.05) is 13.1 Å². The van der Waals surface area contributed by atoms with Crippen LogP contribution in [0.1, 0.15) is 11.3 Å². The molecule has 1 rings (SSSR count). The number of hydrogen-bond acceptors (Lipinski definition) is 2. The van der Waals surface area contributed by atoms with Crippen LogP contribution in [0.15, 0.2) is 12.3 Å². The minimum absolute atomic E-state index is 0.364. The number of aromatic amines is 1. The molecule has 0 aliphatic heterocycles. The number of nitrogens with two attached hydrogens (primary N) is 2. The van der Waals surface area contributed by atoms with Crippen molar-refractivity contribution >= 4 is 0 Å². The largest absolute Gasteiger partial charge is 0.354 e. The molecule has 1 heterocycles. The van der Waals surface area contributed by atoms with Crippen molar-refractivity contribution in [1.29, 1.82) is 0 Å². The number of aromatic nitrogens is 1.